The van der Waals surface area contributed by atoms with Crippen LogP contribution in [0.3, 0.4) is 0 Å². The van der Waals surface area contributed by atoms with Gasteiger partial charge in [-0.3, -0.25) is 4.79 Å². The first-order valence-electron chi connectivity index (χ1n) is 4.95. The lowest BCUT2D eigenvalue weighted by atomic mass is 9.90. The summed E-state index contributed by atoms with van der Waals surface area (Å²) in [6.45, 7) is 4.19. The minimum atomic E-state index is -0.232. The second kappa shape index (κ2) is 6.46. The van der Waals surface area contributed by atoms with Gasteiger partial charge < -0.3 is 5.73 Å². The number of benzene rings is 1. The molecule has 0 aromatic heterocycles. The van der Waals surface area contributed by atoms with Gasteiger partial charge in [0.05, 0.1) is 5.92 Å². The summed E-state index contributed by atoms with van der Waals surface area (Å²) in [6, 6.07) is 9.73. The van der Waals surface area contributed by atoms with Gasteiger partial charge in [0.2, 0.25) is 5.91 Å². The molecule has 1 amide bonds. The lowest BCUT2D eigenvalue weighted by molar-refractivity contribution is -0.119. The van der Waals surface area contributed by atoms with Gasteiger partial charge in [0.25, 0.3) is 0 Å². The Balaban J connectivity index is 0.00000196. The molecule has 1 aromatic carbocycles. The molecule has 84 valence electrons. The highest BCUT2D eigenvalue weighted by atomic mass is 35.5. The third kappa shape index (κ3) is 4.34. The van der Waals surface area contributed by atoms with Crippen LogP contribution in [0.2, 0.25) is 0 Å². The number of rotatable bonds is 4. The first-order chi connectivity index (χ1) is 6.61. The van der Waals surface area contributed by atoms with Gasteiger partial charge in [0, 0.05) is 0 Å². The molecule has 2 nitrogen and oxygen atoms in total. The van der Waals surface area contributed by atoms with Gasteiger partial charge in [-0.1, -0.05) is 44.2 Å². The van der Waals surface area contributed by atoms with E-state index in [0.29, 0.717) is 5.92 Å². The van der Waals surface area contributed by atoms with Crippen molar-refractivity contribution in [3.05, 3.63) is 35.9 Å². The highest BCUT2D eigenvalue weighted by Crippen LogP contribution is 2.22. The molecule has 3 heteroatoms. The zero-order chi connectivity index (χ0) is 10.6. The van der Waals surface area contributed by atoms with E-state index >= 15 is 0 Å². The van der Waals surface area contributed by atoms with Crippen LogP contribution in [0.15, 0.2) is 30.3 Å². The fraction of sp³-hybridized carbons (Fsp3) is 0.417. The monoisotopic (exact) mass is 227 g/mol. The molecule has 0 aliphatic rings. The van der Waals surface area contributed by atoms with E-state index in [1.807, 2.05) is 30.3 Å². The molecule has 0 fully saturated rings. The number of primary amides is 1. The van der Waals surface area contributed by atoms with Crippen LogP contribution in [0, 0.1) is 5.92 Å². The fourth-order valence-electron chi connectivity index (χ4n) is 1.57. The minimum Gasteiger partial charge on any atom is -0.369 e. The standard InChI is InChI=1S/C12H17NO.ClH/c1-9(2)8-11(12(13)14)10-6-4-3-5-7-10;/h3-7,9,11H,8H2,1-2H3,(H2,13,14);1H. The van der Waals surface area contributed by atoms with E-state index in [-0.39, 0.29) is 24.2 Å². The molecule has 0 saturated carbocycles. The number of hydrogen-bond acceptors (Lipinski definition) is 1. The molecule has 1 rings (SSSR count). The maximum Gasteiger partial charge on any atom is 0.224 e. The molecular weight excluding hydrogens is 210 g/mol. The van der Waals surface area contributed by atoms with E-state index in [1.54, 1.807) is 0 Å². The molecule has 0 heterocycles. The van der Waals surface area contributed by atoms with Crippen LogP contribution < -0.4 is 5.73 Å². The van der Waals surface area contributed by atoms with Crippen molar-refractivity contribution in [3.63, 3.8) is 0 Å². The Morgan fingerprint density at radius 2 is 1.80 bits per heavy atom. The van der Waals surface area contributed by atoms with E-state index in [1.165, 1.54) is 0 Å². The Morgan fingerprint density at radius 3 is 2.20 bits per heavy atom. The van der Waals surface area contributed by atoms with Crippen molar-refractivity contribution in [3.8, 4) is 0 Å². The largest absolute Gasteiger partial charge is 0.369 e. The molecule has 0 bridgehead atoms. The van der Waals surface area contributed by atoms with Crippen molar-refractivity contribution in [2.75, 3.05) is 0 Å². The molecule has 1 unspecified atom stereocenters. The van der Waals surface area contributed by atoms with Crippen LogP contribution >= 0.6 is 12.4 Å². The van der Waals surface area contributed by atoms with Crippen molar-refractivity contribution in [1.82, 2.24) is 0 Å². The summed E-state index contributed by atoms with van der Waals surface area (Å²) in [5, 5.41) is 0. The first-order valence-corrected chi connectivity index (χ1v) is 4.95. The van der Waals surface area contributed by atoms with Crippen LogP contribution in [-0.2, 0) is 4.79 Å². The highest BCUT2D eigenvalue weighted by Gasteiger charge is 2.18. The van der Waals surface area contributed by atoms with Crippen LogP contribution in [-0.4, -0.2) is 5.91 Å². The predicted octanol–water partition coefficient (Wildman–Crippen LogP) is 2.72. The third-order valence-corrected chi connectivity index (χ3v) is 2.25. The summed E-state index contributed by atoms with van der Waals surface area (Å²) in [5.41, 5.74) is 6.40. The van der Waals surface area contributed by atoms with Crippen molar-refractivity contribution in [2.24, 2.45) is 11.7 Å². The van der Waals surface area contributed by atoms with Crippen LogP contribution in [0.25, 0.3) is 0 Å². The lowest BCUT2D eigenvalue weighted by Gasteiger charge is -2.15. The quantitative estimate of drug-likeness (QED) is 0.845. The highest BCUT2D eigenvalue weighted by molar-refractivity contribution is 5.85. The number of nitrogens with two attached hydrogens (primary N) is 1. The van der Waals surface area contributed by atoms with E-state index in [4.69, 9.17) is 5.73 Å². The summed E-state index contributed by atoms with van der Waals surface area (Å²) in [5.74, 6) is 0.105. The Hall–Kier alpha value is -1.02. The Labute approximate surface area is 97.3 Å². The summed E-state index contributed by atoms with van der Waals surface area (Å²) in [4.78, 5) is 11.3. The van der Waals surface area contributed by atoms with Crippen LogP contribution in [0.1, 0.15) is 31.7 Å². The van der Waals surface area contributed by atoms with E-state index in [9.17, 15) is 4.79 Å². The van der Waals surface area contributed by atoms with Gasteiger partial charge in [0.15, 0.2) is 0 Å². The maximum atomic E-state index is 11.3. The van der Waals surface area contributed by atoms with Gasteiger partial charge >= 0.3 is 0 Å². The van der Waals surface area contributed by atoms with E-state index in [2.05, 4.69) is 13.8 Å². The molecule has 2 N–H and O–H groups in total. The van der Waals surface area contributed by atoms with Gasteiger partial charge in [-0.05, 0) is 17.9 Å². The molecule has 15 heavy (non-hydrogen) atoms. The molecule has 0 radical (unpaired) electrons. The second-order valence-electron chi connectivity index (χ2n) is 4.00. The SMILES string of the molecule is CC(C)CC(C(N)=O)c1ccccc1.Cl. The number of hydrogen-bond donors (Lipinski definition) is 1. The zero-order valence-electron chi connectivity index (χ0n) is 9.14. The molecule has 1 aromatic rings. The van der Waals surface area contributed by atoms with E-state index in [0.717, 1.165) is 12.0 Å². The number of amides is 1. The average molecular weight is 228 g/mol. The number of carbonyl (C=O) groups is 1. The molecular formula is C12H18ClNO. The van der Waals surface area contributed by atoms with Crippen molar-refractivity contribution in [1.29, 1.82) is 0 Å². The van der Waals surface area contributed by atoms with Crippen LogP contribution in [0.5, 0.6) is 0 Å². The Morgan fingerprint density at radius 1 is 1.27 bits per heavy atom. The van der Waals surface area contributed by atoms with Gasteiger partial charge in [0.1, 0.15) is 0 Å². The Kier molecular flexibility index (Phi) is 6.02. The van der Waals surface area contributed by atoms with Gasteiger partial charge in [-0.25, -0.2) is 0 Å². The molecule has 0 spiro atoms. The smallest absolute Gasteiger partial charge is 0.224 e. The third-order valence-electron chi connectivity index (χ3n) is 2.25. The van der Waals surface area contributed by atoms with Gasteiger partial charge in [-0.2, -0.15) is 0 Å². The molecule has 0 saturated heterocycles. The summed E-state index contributed by atoms with van der Waals surface area (Å²) >= 11 is 0. The molecule has 0 aliphatic carbocycles. The summed E-state index contributed by atoms with van der Waals surface area (Å²) in [7, 11) is 0. The van der Waals surface area contributed by atoms with Crippen molar-refractivity contribution in [2.45, 2.75) is 26.2 Å². The van der Waals surface area contributed by atoms with Crippen molar-refractivity contribution >= 4 is 18.3 Å². The Bertz CT molecular complexity index is 298. The summed E-state index contributed by atoms with van der Waals surface area (Å²) < 4.78 is 0. The second-order valence-corrected chi connectivity index (χ2v) is 4.00. The maximum absolute atomic E-state index is 11.3. The lowest BCUT2D eigenvalue weighted by Crippen LogP contribution is -2.22. The molecule has 1 atom stereocenters. The normalized spacial score (nSPS) is 11.9. The number of carbonyl (C=O) groups excluding carboxylic acids is 1. The first kappa shape index (κ1) is 14.0. The van der Waals surface area contributed by atoms with Crippen LogP contribution in [0.4, 0.5) is 0 Å². The zero-order valence-corrected chi connectivity index (χ0v) is 9.96. The predicted molar refractivity (Wildman–Crippen MR) is 65.1 cm³/mol. The number of halogens is 1. The van der Waals surface area contributed by atoms with Gasteiger partial charge in [-0.15, -0.1) is 12.4 Å². The van der Waals surface area contributed by atoms with Crippen molar-refractivity contribution < 1.29 is 4.79 Å². The minimum absolute atomic E-state index is 0. The fourth-order valence-corrected chi connectivity index (χ4v) is 1.57. The topological polar surface area (TPSA) is 43.1 Å². The molecule has 0 aliphatic heterocycles. The average Bonchev–Trinajstić information content (AvgIpc) is 2.15. The summed E-state index contributed by atoms with van der Waals surface area (Å²) in [6.07, 6.45) is 0.819. The van der Waals surface area contributed by atoms with E-state index < -0.39 is 0 Å².